The van der Waals surface area contributed by atoms with Crippen LogP contribution in [0.15, 0.2) is 0 Å². The first kappa shape index (κ1) is 14.4. The van der Waals surface area contributed by atoms with Gasteiger partial charge in [0.25, 0.3) is 0 Å². The van der Waals surface area contributed by atoms with Crippen LogP contribution in [0.2, 0.25) is 0 Å². The zero-order valence-corrected chi connectivity index (χ0v) is 12.1. The van der Waals surface area contributed by atoms with Crippen LogP contribution in [0.3, 0.4) is 0 Å². The molecule has 1 N–H and O–H groups in total. The number of carbonyl (C=O) groups is 2. The SMILES string of the molecule is CC1CC(=O)N(C2CCCCC2C)C(C)C1C(=O)O. The van der Waals surface area contributed by atoms with Crippen molar-refractivity contribution in [1.29, 1.82) is 0 Å². The second kappa shape index (κ2) is 5.51. The van der Waals surface area contributed by atoms with Crippen molar-refractivity contribution in [3.63, 3.8) is 0 Å². The highest BCUT2D eigenvalue weighted by molar-refractivity contribution is 5.82. The largest absolute Gasteiger partial charge is 0.481 e. The average molecular weight is 267 g/mol. The van der Waals surface area contributed by atoms with Crippen molar-refractivity contribution < 1.29 is 14.7 Å². The minimum absolute atomic E-state index is 0.0600. The number of carboxylic acids is 1. The quantitative estimate of drug-likeness (QED) is 0.836. The molecular formula is C15H25NO3. The number of nitrogens with zero attached hydrogens (tertiary/aromatic N) is 1. The molecule has 5 atom stereocenters. The summed E-state index contributed by atoms with van der Waals surface area (Å²) in [6.45, 7) is 5.99. The Morgan fingerprint density at radius 3 is 2.37 bits per heavy atom. The third kappa shape index (κ3) is 2.63. The molecule has 2 rings (SSSR count). The van der Waals surface area contributed by atoms with Gasteiger partial charge in [0.15, 0.2) is 0 Å². The van der Waals surface area contributed by atoms with E-state index in [1.54, 1.807) is 0 Å². The average Bonchev–Trinajstić information content (AvgIpc) is 2.30. The number of piperidine rings is 1. The fourth-order valence-electron chi connectivity index (χ4n) is 4.03. The first-order chi connectivity index (χ1) is 8.93. The van der Waals surface area contributed by atoms with E-state index in [0.717, 1.165) is 19.3 Å². The Kier molecular flexibility index (Phi) is 4.16. The van der Waals surface area contributed by atoms with Gasteiger partial charge in [0.1, 0.15) is 0 Å². The molecule has 1 aliphatic heterocycles. The molecule has 1 amide bonds. The molecule has 0 spiro atoms. The van der Waals surface area contributed by atoms with Crippen molar-refractivity contribution in [2.75, 3.05) is 0 Å². The second-order valence-electron chi connectivity index (χ2n) is 6.42. The van der Waals surface area contributed by atoms with Gasteiger partial charge in [-0.15, -0.1) is 0 Å². The Morgan fingerprint density at radius 1 is 1.16 bits per heavy atom. The summed E-state index contributed by atoms with van der Waals surface area (Å²) in [5.74, 6) is -0.609. The molecule has 1 saturated carbocycles. The fourth-order valence-corrected chi connectivity index (χ4v) is 4.03. The van der Waals surface area contributed by atoms with Crippen LogP contribution < -0.4 is 0 Å². The molecule has 19 heavy (non-hydrogen) atoms. The Balaban J connectivity index is 2.22. The zero-order valence-electron chi connectivity index (χ0n) is 12.1. The summed E-state index contributed by atoms with van der Waals surface area (Å²) < 4.78 is 0. The molecule has 4 nitrogen and oxygen atoms in total. The van der Waals surface area contributed by atoms with Gasteiger partial charge < -0.3 is 10.0 Å². The van der Waals surface area contributed by atoms with Gasteiger partial charge in [-0.3, -0.25) is 9.59 Å². The van der Waals surface area contributed by atoms with Crippen LogP contribution in [-0.2, 0) is 9.59 Å². The van der Waals surface area contributed by atoms with Gasteiger partial charge in [-0.05, 0) is 31.6 Å². The van der Waals surface area contributed by atoms with Crippen LogP contribution in [-0.4, -0.2) is 34.0 Å². The number of carbonyl (C=O) groups excluding carboxylic acids is 1. The second-order valence-corrected chi connectivity index (χ2v) is 6.42. The van der Waals surface area contributed by atoms with Crippen molar-refractivity contribution in [2.45, 2.75) is 65.0 Å². The van der Waals surface area contributed by atoms with Gasteiger partial charge in [-0.2, -0.15) is 0 Å². The molecule has 0 aromatic heterocycles. The van der Waals surface area contributed by atoms with Crippen LogP contribution in [0.25, 0.3) is 0 Å². The Hall–Kier alpha value is -1.06. The lowest BCUT2D eigenvalue weighted by atomic mass is 9.77. The number of hydrogen-bond acceptors (Lipinski definition) is 2. The summed E-state index contributed by atoms with van der Waals surface area (Å²) >= 11 is 0. The standard InChI is InChI=1S/C15H25NO3/c1-9-6-4-5-7-12(9)16-11(3)14(15(18)19)10(2)8-13(16)17/h9-12,14H,4-8H2,1-3H3,(H,18,19). The third-order valence-electron chi connectivity index (χ3n) is 5.06. The molecule has 1 aliphatic carbocycles. The van der Waals surface area contributed by atoms with E-state index in [0.29, 0.717) is 12.3 Å². The molecular weight excluding hydrogens is 242 g/mol. The summed E-state index contributed by atoms with van der Waals surface area (Å²) in [5.41, 5.74) is 0. The van der Waals surface area contributed by atoms with E-state index < -0.39 is 11.9 Å². The van der Waals surface area contributed by atoms with Crippen molar-refractivity contribution >= 4 is 11.9 Å². The van der Waals surface area contributed by atoms with Crippen LogP contribution in [0.4, 0.5) is 0 Å². The number of carboxylic acid groups (broad SMARTS) is 1. The maximum atomic E-state index is 12.4. The van der Waals surface area contributed by atoms with Crippen molar-refractivity contribution in [3.8, 4) is 0 Å². The minimum atomic E-state index is -0.763. The van der Waals surface area contributed by atoms with Crippen LogP contribution in [0.1, 0.15) is 52.9 Å². The van der Waals surface area contributed by atoms with E-state index in [1.165, 1.54) is 6.42 Å². The molecule has 5 unspecified atom stereocenters. The van der Waals surface area contributed by atoms with E-state index in [9.17, 15) is 14.7 Å². The predicted molar refractivity (Wildman–Crippen MR) is 72.6 cm³/mol. The lowest BCUT2D eigenvalue weighted by Gasteiger charge is -2.48. The zero-order chi connectivity index (χ0) is 14.2. The van der Waals surface area contributed by atoms with Crippen LogP contribution >= 0.6 is 0 Å². The number of likely N-dealkylation sites (tertiary alicyclic amines) is 1. The predicted octanol–water partition coefficient (Wildman–Crippen LogP) is 2.52. The maximum Gasteiger partial charge on any atom is 0.308 e. The molecule has 0 radical (unpaired) electrons. The van der Waals surface area contributed by atoms with Crippen molar-refractivity contribution in [1.82, 2.24) is 4.90 Å². The van der Waals surface area contributed by atoms with Gasteiger partial charge >= 0.3 is 5.97 Å². The van der Waals surface area contributed by atoms with Gasteiger partial charge in [0, 0.05) is 18.5 Å². The minimum Gasteiger partial charge on any atom is -0.481 e. The molecule has 1 heterocycles. The van der Waals surface area contributed by atoms with E-state index >= 15 is 0 Å². The van der Waals surface area contributed by atoms with E-state index in [2.05, 4.69) is 6.92 Å². The normalized spacial score (nSPS) is 40.3. The van der Waals surface area contributed by atoms with Crippen LogP contribution in [0, 0.1) is 17.8 Å². The third-order valence-corrected chi connectivity index (χ3v) is 5.06. The van der Waals surface area contributed by atoms with Gasteiger partial charge in [-0.1, -0.05) is 26.7 Å². The molecule has 0 bridgehead atoms. The summed E-state index contributed by atoms with van der Waals surface area (Å²) in [6, 6.07) is 0.0601. The molecule has 0 aromatic carbocycles. The monoisotopic (exact) mass is 267 g/mol. The van der Waals surface area contributed by atoms with Crippen molar-refractivity contribution in [2.24, 2.45) is 17.8 Å². The summed E-state index contributed by atoms with van der Waals surface area (Å²) in [4.78, 5) is 25.7. The summed E-state index contributed by atoms with van der Waals surface area (Å²) in [7, 11) is 0. The molecule has 4 heteroatoms. The van der Waals surface area contributed by atoms with E-state index in [4.69, 9.17) is 0 Å². The first-order valence-electron chi connectivity index (χ1n) is 7.47. The van der Waals surface area contributed by atoms with Crippen molar-refractivity contribution in [3.05, 3.63) is 0 Å². The molecule has 0 aromatic rings. The Morgan fingerprint density at radius 2 is 1.79 bits per heavy atom. The number of amides is 1. The molecule has 108 valence electrons. The summed E-state index contributed by atoms with van der Waals surface area (Å²) in [5, 5.41) is 9.41. The van der Waals surface area contributed by atoms with Gasteiger partial charge in [0.05, 0.1) is 5.92 Å². The van der Waals surface area contributed by atoms with E-state index in [1.807, 2.05) is 18.7 Å². The number of aliphatic carboxylic acids is 1. The van der Waals surface area contributed by atoms with E-state index in [-0.39, 0.29) is 23.9 Å². The highest BCUT2D eigenvalue weighted by Gasteiger charge is 2.45. The molecule has 1 saturated heterocycles. The fraction of sp³-hybridized carbons (Fsp3) is 0.867. The summed E-state index contributed by atoms with van der Waals surface area (Å²) in [6.07, 6.45) is 4.93. The Labute approximate surface area is 115 Å². The Bertz CT molecular complexity index is 368. The lowest BCUT2D eigenvalue weighted by molar-refractivity contribution is -0.158. The van der Waals surface area contributed by atoms with Crippen LogP contribution in [0.5, 0.6) is 0 Å². The molecule has 2 aliphatic rings. The lowest BCUT2D eigenvalue weighted by Crippen LogP contribution is -2.58. The molecule has 2 fully saturated rings. The smallest absolute Gasteiger partial charge is 0.308 e. The maximum absolute atomic E-state index is 12.4. The van der Waals surface area contributed by atoms with Gasteiger partial charge in [0.2, 0.25) is 5.91 Å². The highest BCUT2D eigenvalue weighted by atomic mass is 16.4. The first-order valence-corrected chi connectivity index (χ1v) is 7.47. The number of rotatable bonds is 2. The van der Waals surface area contributed by atoms with Gasteiger partial charge in [-0.25, -0.2) is 0 Å². The topological polar surface area (TPSA) is 57.6 Å². The highest BCUT2D eigenvalue weighted by Crippen LogP contribution is 2.37. The number of hydrogen-bond donors (Lipinski definition) is 1.